The number of anilines is 1. The molecule has 0 spiro atoms. The van der Waals surface area contributed by atoms with Gasteiger partial charge in [0.2, 0.25) is 21.8 Å². The first kappa shape index (κ1) is 27.9. The third kappa shape index (κ3) is 7.63. The average Bonchev–Trinajstić information content (AvgIpc) is 2.85. The molecule has 0 fully saturated rings. The molecule has 1 N–H and O–H groups in total. The van der Waals surface area contributed by atoms with Crippen LogP contribution in [0, 0.1) is 12.7 Å². The molecule has 0 radical (unpaired) electrons. The molecule has 0 unspecified atom stereocenters. The standard InChI is InChI=1S/C28H32FN3O4S/c1-4-30-28(34)26(17-22-12-6-5-7-13-22)31(19-23-14-9-8-11-21(23)2)27(33)20-32(37(3,35)36)25-16-10-15-24(29)18-25/h5-16,18,26H,4,17,19-20H2,1-3H3,(H,30,34)/t26-/m0/s1. The molecule has 0 aliphatic rings. The number of amides is 2. The Morgan fingerprint density at radius 3 is 2.27 bits per heavy atom. The minimum absolute atomic E-state index is 0.0318. The topological polar surface area (TPSA) is 86.8 Å². The van der Waals surface area contributed by atoms with Gasteiger partial charge in [-0.2, -0.15) is 0 Å². The lowest BCUT2D eigenvalue weighted by atomic mass is 10.0. The van der Waals surface area contributed by atoms with Gasteiger partial charge in [-0.1, -0.05) is 60.7 Å². The van der Waals surface area contributed by atoms with Gasteiger partial charge >= 0.3 is 0 Å². The second kappa shape index (κ2) is 12.5. The van der Waals surface area contributed by atoms with Crippen LogP contribution >= 0.6 is 0 Å². The number of carbonyl (C=O) groups is 2. The molecule has 3 aromatic rings. The fourth-order valence-electron chi connectivity index (χ4n) is 4.06. The minimum Gasteiger partial charge on any atom is -0.355 e. The Balaban J connectivity index is 2.05. The summed E-state index contributed by atoms with van der Waals surface area (Å²) in [6.07, 6.45) is 1.20. The van der Waals surface area contributed by atoms with Gasteiger partial charge in [0.25, 0.3) is 0 Å². The van der Waals surface area contributed by atoms with Gasteiger partial charge < -0.3 is 10.2 Å². The van der Waals surface area contributed by atoms with Gasteiger partial charge in [-0.25, -0.2) is 12.8 Å². The monoisotopic (exact) mass is 525 g/mol. The highest BCUT2D eigenvalue weighted by atomic mass is 32.2. The van der Waals surface area contributed by atoms with E-state index in [0.29, 0.717) is 6.54 Å². The molecule has 0 saturated heterocycles. The van der Waals surface area contributed by atoms with Crippen molar-refractivity contribution >= 4 is 27.5 Å². The molecule has 0 saturated carbocycles. The van der Waals surface area contributed by atoms with Crippen LogP contribution in [0.4, 0.5) is 10.1 Å². The number of carbonyl (C=O) groups excluding carboxylic acids is 2. The largest absolute Gasteiger partial charge is 0.355 e. The first-order valence-electron chi connectivity index (χ1n) is 12.0. The van der Waals surface area contributed by atoms with Crippen molar-refractivity contribution in [1.82, 2.24) is 10.2 Å². The normalized spacial score (nSPS) is 12.0. The van der Waals surface area contributed by atoms with Gasteiger partial charge in [0.05, 0.1) is 11.9 Å². The van der Waals surface area contributed by atoms with Gasteiger partial charge in [0.15, 0.2) is 0 Å². The van der Waals surface area contributed by atoms with Crippen molar-refractivity contribution in [3.05, 3.63) is 101 Å². The highest BCUT2D eigenvalue weighted by Crippen LogP contribution is 2.21. The van der Waals surface area contributed by atoms with Gasteiger partial charge in [0, 0.05) is 19.5 Å². The van der Waals surface area contributed by atoms with Crippen LogP contribution in [0.25, 0.3) is 0 Å². The highest BCUT2D eigenvalue weighted by Gasteiger charge is 2.33. The molecule has 0 aliphatic carbocycles. The minimum atomic E-state index is -3.94. The Hall–Kier alpha value is -3.72. The fourth-order valence-corrected chi connectivity index (χ4v) is 4.90. The third-order valence-electron chi connectivity index (χ3n) is 6.00. The number of halogens is 1. The van der Waals surface area contributed by atoms with Crippen molar-refractivity contribution < 1.29 is 22.4 Å². The van der Waals surface area contributed by atoms with Crippen LogP contribution in [-0.4, -0.2) is 50.5 Å². The number of hydrogen-bond donors (Lipinski definition) is 1. The molecule has 3 aromatic carbocycles. The second-order valence-electron chi connectivity index (χ2n) is 8.80. The molecule has 196 valence electrons. The summed E-state index contributed by atoms with van der Waals surface area (Å²) in [7, 11) is -3.94. The molecule has 9 heteroatoms. The summed E-state index contributed by atoms with van der Waals surface area (Å²) >= 11 is 0. The van der Waals surface area contributed by atoms with E-state index in [1.54, 1.807) is 6.92 Å². The summed E-state index contributed by atoms with van der Waals surface area (Å²) in [5, 5.41) is 2.81. The van der Waals surface area contributed by atoms with Crippen LogP contribution in [-0.2, 0) is 32.6 Å². The van der Waals surface area contributed by atoms with Crippen molar-refractivity contribution in [2.45, 2.75) is 32.9 Å². The molecule has 0 bridgehead atoms. The summed E-state index contributed by atoms with van der Waals surface area (Å²) in [5.41, 5.74) is 2.64. The predicted molar refractivity (Wildman–Crippen MR) is 143 cm³/mol. The second-order valence-corrected chi connectivity index (χ2v) is 10.7. The van der Waals surface area contributed by atoms with Crippen LogP contribution in [0.1, 0.15) is 23.6 Å². The van der Waals surface area contributed by atoms with E-state index in [1.165, 1.54) is 23.1 Å². The Morgan fingerprint density at radius 1 is 0.973 bits per heavy atom. The van der Waals surface area contributed by atoms with E-state index in [4.69, 9.17) is 0 Å². The van der Waals surface area contributed by atoms with E-state index in [2.05, 4.69) is 5.32 Å². The zero-order chi connectivity index (χ0) is 27.0. The molecule has 0 aliphatic heterocycles. The molecule has 7 nitrogen and oxygen atoms in total. The summed E-state index contributed by atoms with van der Waals surface area (Å²) in [5.74, 6) is -1.55. The fraction of sp³-hybridized carbons (Fsp3) is 0.286. The van der Waals surface area contributed by atoms with Crippen LogP contribution in [0.2, 0.25) is 0 Å². The van der Waals surface area contributed by atoms with E-state index in [0.717, 1.165) is 33.3 Å². The van der Waals surface area contributed by atoms with Crippen molar-refractivity contribution in [3.63, 3.8) is 0 Å². The molecular weight excluding hydrogens is 493 g/mol. The molecule has 1 atom stereocenters. The molecule has 37 heavy (non-hydrogen) atoms. The van der Waals surface area contributed by atoms with E-state index in [-0.39, 0.29) is 24.6 Å². The summed E-state index contributed by atoms with van der Waals surface area (Å²) in [6.45, 7) is 3.58. The lowest BCUT2D eigenvalue weighted by Gasteiger charge is -2.33. The van der Waals surface area contributed by atoms with E-state index < -0.39 is 34.3 Å². The maximum atomic E-state index is 13.9. The highest BCUT2D eigenvalue weighted by molar-refractivity contribution is 7.92. The van der Waals surface area contributed by atoms with E-state index >= 15 is 0 Å². The first-order valence-corrected chi connectivity index (χ1v) is 13.8. The Bertz CT molecular complexity index is 1330. The van der Waals surface area contributed by atoms with Crippen LogP contribution in [0.15, 0.2) is 78.9 Å². The Labute approximate surface area is 218 Å². The summed E-state index contributed by atoms with van der Waals surface area (Å²) < 4.78 is 40.1. The quantitative estimate of drug-likeness (QED) is 0.414. The van der Waals surface area contributed by atoms with Crippen molar-refractivity contribution in [3.8, 4) is 0 Å². The predicted octanol–water partition coefficient (Wildman–Crippen LogP) is 3.68. The van der Waals surface area contributed by atoms with Gasteiger partial charge in [-0.3, -0.25) is 13.9 Å². The molecule has 3 rings (SSSR count). The zero-order valence-corrected chi connectivity index (χ0v) is 22.0. The number of hydrogen-bond acceptors (Lipinski definition) is 4. The SMILES string of the molecule is CCNC(=O)[C@H](Cc1ccccc1)N(Cc1ccccc1C)C(=O)CN(c1cccc(F)c1)S(C)(=O)=O. The lowest BCUT2D eigenvalue weighted by molar-refractivity contribution is -0.140. The summed E-state index contributed by atoms with van der Waals surface area (Å²) in [6, 6.07) is 21.0. The van der Waals surface area contributed by atoms with Gasteiger partial charge in [-0.05, 0) is 48.7 Å². The van der Waals surface area contributed by atoms with Crippen molar-refractivity contribution in [1.29, 1.82) is 0 Å². The molecule has 0 aromatic heterocycles. The molecule has 0 heterocycles. The number of nitrogens with zero attached hydrogens (tertiary/aromatic N) is 2. The van der Waals surface area contributed by atoms with Crippen LogP contribution in [0.5, 0.6) is 0 Å². The van der Waals surface area contributed by atoms with Gasteiger partial charge in [-0.15, -0.1) is 0 Å². The number of benzene rings is 3. The van der Waals surface area contributed by atoms with Gasteiger partial charge in [0.1, 0.15) is 18.4 Å². The molecule has 2 amide bonds. The average molecular weight is 526 g/mol. The van der Waals surface area contributed by atoms with E-state index in [1.807, 2.05) is 61.5 Å². The Morgan fingerprint density at radius 2 is 1.65 bits per heavy atom. The molecular formula is C28H32FN3O4S. The first-order chi connectivity index (χ1) is 17.6. The Kier molecular flexibility index (Phi) is 9.41. The third-order valence-corrected chi connectivity index (χ3v) is 7.14. The summed E-state index contributed by atoms with van der Waals surface area (Å²) in [4.78, 5) is 28.6. The number of nitrogens with one attached hydrogen (secondary N) is 1. The van der Waals surface area contributed by atoms with Crippen molar-refractivity contribution in [2.24, 2.45) is 0 Å². The lowest BCUT2D eigenvalue weighted by Crippen LogP contribution is -2.53. The van der Waals surface area contributed by atoms with Crippen LogP contribution in [0.3, 0.4) is 0 Å². The number of sulfonamides is 1. The smallest absolute Gasteiger partial charge is 0.244 e. The van der Waals surface area contributed by atoms with E-state index in [9.17, 15) is 22.4 Å². The maximum absolute atomic E-state index is 13.9. The van der Waals surface area contributed by atoms with Crippen molar-refractivity contribution in [2.75, 3.05) is 23.7 Å². The zero-order valence-electron chi connectivity index (χ0n) is 21.2. The maximum Gasteiger partial charge on any atom is 0.244 e. The number of rotatable bonds is 11. The number of likely N-dealkylation sites (N-methyl/N-ethyl adjacent to an activating group) is 1. The van der Waals surface area contributed by atoms with Crippen LogP contribution < -0.4 is 9.62 Å². The number of aryl methyl sites for hydroxylation is 1.